The highest BCUT2D eigenvalue weighted by atomic mass is 32.2. The minimum atomic E-state index is -3.42. The first-order chi connectivity index (χ1) is 10.4. The summed E-state index contributed by atoms with van der Waals surface area (Å²) in [6.45, 7) is 0.817. The molecule has 1 fully saturated rings. The fraction of sp³-hybridized carbons (Fsp3) is 0.562. The molecule has 0 N–H and O–H groups in total. The molecular weight excluding hydrogens is 300 g/mol. The van der Waals surface area contributed by atoms with Gasteiger partial charge in [0, 0.05) is 39.5 Å². The van der Waals surface area contributed by atoms with E-state index < -0.39 is 10.2 Å². The molecule has 1 saturated heterocycles. The molecule has 0 bridgehead atoms. The number of piperidine rings is 1. The van der Waals surface area contributed by atoms with Gasteiger partial charge in [-0.3, -0.25) is 4.79 Å². The van der Waals surface area contributed by atoms with Crippen LogP contribution >= 0.6 is 0 Å². The second-order valence-corrected chi connectivity index (χ2v) is 8.08. The van der Waals surface area contributed by atoms with Gasteiger partial charge in [-0.25, -0.2) is 0 Å². The Labute approximate surface area is 133 Å². The lowest BCUT2D eigenvalue weighted by Gasteiger charge is -2.32. The van der Waals surface area contributed by atoms with E-state index in [0.717, 1.165) is 24.8 Å². The number of carbonyl (C=O) groups excluding carboxylic acids is 1. The summed E-state index contributed by atoms with van der Waals surface area (Å²) in [6.07, 6.45) is 2.73. The van der Waals surface area contributed by atoms with E-state index in [-0.39, 0.29) is 11.7 Å². The van der Waals surface area contributed by atoms with E-state index in [1.54, 1.807) is 0 Å². The van der Waals surface area contributed by atoms with Crippen molar-refractivity contribution >= 4 is 16.0 Å². The third kappa shape index (κ3) is 4.15. The van der Waals surface area contributed by atoms with Gasteiger partial charge in [-0.15, -0.1) is 0 Å². The van der Waals surface area contributed by atoms with Gasteiger partial charge in [-0.1, -0.05) is 30.3 Å². The summed E-state index contributed by atoms with van der Waals surface area (Å²) in [7, 11) is -0.371. The van der Waals surface area contributed by atoms with E-state index in [9.17, 15) is 13.2 Å². The molecular formula is C16H24N2O3S. The second kappa shape index (κ2) is 7.35. The van der Waals surface area contributed by atoms with Crippen molar-refractivity contribution in [2.75, 3.05) is 27.2 Å². The smallest absolute Gasteiger partial charge is 0.281 e. The van der Waals surface area contributed by atoms with Crippen LogP contribution in [0.5, 0.6) is 0 Å². The number of ketones is 1. The lowest BCUT2D eigenvalue weighted by atomic mass is 9.91. The first-order valence-electron chi connectivity index (χ1n) is 7.65. The van der Waals surface area contributed by atoms with Crippen LogP contribution in [0.3, 0.4) is 0 Å². The van der Waals surface area contributed by atoms with E-state index in [2.05, 4.69) is 0 Å². The van der Waals surface area contributed by atoms with Crippen molar-refractivity contribution in [1.29, 1.82) is 0 Å². The zero-order valence-electron chi connectivity index (χ0n) is 13.2. The van der Waals surface area contributed by atoms with Crippen molar-refractivity contribution in [2.24, 2.45) is 5.92 Å². The minimum Gasteiger partial charge on any atom is -0.299 e. The summed E-state index contributed by atoms with van der Waals surface area (Å²) < 4.78 is 27.0. The van der Waals surface area contributed by atoms with Crippen LogP contribution in [-0.2, 0) is 21.4 Å². The molecule has 0 saturated carbocycles. The van der Waals surface area contributed by atoms with E-state index in [4.69, 9.17) is 0 Å². The monoisotopic (exact) mass is 324 g/mol. The largest absolute Gasteiger partial charge is 0.299 e. The van der Waals surface area contributed by atoms with Crippen molar-refractivity contribution in [3.63, 3.8) is 0 Å². The highest BCUT2D eigenvalue weighted by Crippen LogP contribution is 2.22. The fourth-order valence-electron chi connectivity index (χ4n) is 2.76. The molecule has 1 aliphatic rings. The molecule has 5 nitrogen and oxygen atoms in total. The number of hydrogen-bond donors (Lipinski definition) is 0. The maximum Gasteiger partial charge on any atom is 0.281 e. The molecule has 1 aromatic carbocycles. The van der Waals surface area contributed by atoms with Crippen molar-refractivity contribution in [3.8, 4) is 0 Å². The lowest BCUT2D eigenvalue weighted by Crippen LogP contribution is -2.47. The Morgan fingerprint density at radius 2 is 1.95 bits per heavy atom. The summed E-state index contributed by atoms with van der Waals surface area (Å²) >= 11 is 0. The molecule has 1 aromatic rings. The standard InChI is InChI=1S/C16H24N2O3S/c1-17(2)22(20,21)18-12-6-9-15(13-18)16(19)11-10-14-7-4-3-5-8-14/h3-5,7-8,15H,6,9-13H2,1-2H3/t15-/m0/s1. The minimum absolute atomic E-state index is 0.169. The second-order valence-electron chi connectivity index (χ2n) is 5.94. The topological polar surface area (TPSA) is 57.7 Å². The van der Waals surface area contributed by atoms with Crippen LogP contribution in [0.1, 0.15) is 24.8 Å². The zero-order valence-corrected chi connectivity index (χ0v) is 14.1. The molecule has 0 spiro atoms. The number of nitrogens with zero attached hydrogens (tertiary/aromatic N) is 2. The average molecular weight is 324 g/mol. The van der Waals surface area contributed by atoms with Crippen LogP contribution in [0.4, 0.5) is 0 Å². The molecule has 0 unspecified atom stereocenters. The van der Waals surface area contributed by atoms with E-state index >= 15 is 0 Å². The predicted molar refractivity (Wildman–Crippen MR) is 86.7 cm³/mol. The SMILES string of the molecule is CN(C)S(=O)(=O)N1CCC[C@H](C(=O)CCc2ccccc2)C1. The number of aryl methyl sites for hydroxylation is 1. The third-order valence-corrected chi connectivity index (χ3v) is 6.04. The van der Waals surface area contributed by atoms with Crippen LogP contribution in [0.2, 0.25) is 0 Å². The van der Waals surface area contributed by atoms with Crippen molar-refractivity contribution in [1.82, 2.24) is 8.61 Å². The van der Waals surface area contributed by atoms with Gasteiger partial charge in [0.25, 0.3) is 10.2 Å². The maximum absolute atomic E-state index is 12.4. The van der Waals surface area contributed by atoms with Crippen LogP contribution in [-0.4, -0.2) is 50.0 Å². The molecule has 0 aromatic heterocycles. The third-order valence-electron chi connectivity index (χ3n) is 4.13. The molecule has 0 aliphatic carbocycles. The van der Waals surface area contributed by atoms with Crippen LogP contribution in [0, 0.1) is 5.92 Å². The predicted octanol–water partition coefficient (Wildman–Crippen LogP) is 1.71. The quantitative estimate of drug-likeness (QED) is 0.800. The molecule has 122 valence electrons. The summed E-state index contributed by atoms with van der Waals surface area (Å²) in [4.78, 5) is 12.4. The lowest BCUT2D eigenvalue weighted by molar-refractivity contribution is -0.123. The Morgan fingerprint density at radius 1 is 1.27 bits per heavy atom. The van der Waals surface area contributed by atoms with Gasteiger partial charge in [0.1, 0.15) is 5.78 Å². The Balaban J connectivity index is 1.93. The summed E-state index contributed by atoms with van der Waals surface area (Å²) in [6, 6.07) is 9.90. The molecule has 1 atom stereocenters. The molecule has 0 amide bonds. The van der Waals surface area contributed by atoms with Gasteiger partial charge in [0.2, 0.25) is 0 Å². The number of benzene rings is 1. The normalized spacial score (nSPS) is 20.2. The van der Waals surface area contributed by atoms with Crippen molar-refractivity contribution in [3.05, 3.63) is 35.9 Å². The Bertz CT molecular complexity index is 599. The highest BCUT2D eigenvalue weighted by Gasteiger charge is 2.32. The van der Waals surface area contributed by atoms with Crippen LogP contribution in [0.25, 0.3) is 0 Å². The van der Waals surface area contributed by atoms with Crippen LogP contribution in [0.15, 0.2) is 30.3 Å². The first-order valence-corrected chi connectivity index (χ1v) is 9.05. The molecule has 6 heteroatoms. The summed E-state index contributed by atoms with van der Waals surface area (Å²) in [5.74, 6) is -0.00491. The Morgan fingerprint density at radius 3 is 2.59 bits per heavy atom. The average Bonchev–Trinajstić information content (AvgIpc) is 2.53. The molecule has 1 aliphatic heterocycles. The van der Waals surface area contributed by atoms with Gasteiger partial charge >= 0.3 is 0 Å². The van der Waals surface area contributed by atoms with E-state index in [0.29, 0.717) is 19.5 Å². The first kappa shape index (κ1) is 17.1. The fourth-order valence-corrected chi connectivity index (χ4v) is 3.95. The number of rotatable bonds is 6. The zero-order chi connectivity index (χ0) is 16.2. The summed E-state index contributed by atoms with van der Waals surface area (Å²) in [5.41, 5.74) is 1.14. The van der Waals surface area contributed by atoms with E-state index in [1.807, 2.05) is 30.3 Å². The van der Waals surface area contributed by atoms with Gasteiger partial charge in [-0.05, 0) is 24.8 Å². The highest BCUT2D eigenvalue weighted by molar-refractivity contribution is 7.86. The van der Waals surface area contributed by atoms with Gasteiger partial charge in [-0.2, -0.15) is 17.0 Å². The van der Waals surface area contributed by atoms with Gasteiger partial charge < -0.3 is 0 Å². The Hall–Kier alpha value is -1.24. The number of carbonyl (C=O) groups is 1. The van der Waals surface area contributed by atoms with Crippen LogP contribution < -0.4 is 0 Å². The summed E-state index contributed by atoms with van der Waals surface area (Å²) in [5, 5.41) is 0. The number of hydrogen-bond acceptors (Lipinski definition) is 3. The molecule has 22 heavy (non-hydrogen) atoms. The van der Waals surface area contributed by atoms with Gasteiger partial charge in [0.05, 0.1) is 0 Å². The van der Waals surface area contributed by atoms with Crippen molar-refractivity contribution < 1.29 is 13.2 Å². The molecule has 2 rings (SSSR count). The molecule has 0 radical (unpaired) electrons. The van der Waals surface area contributed by atoms with Gasteiger partial charge in [0.15, 0.2) is 0 Å². The molecule has 1 heterocycles. The van der Waals surface area contributed by atoms with Crippen molar-refractivity contribution in [2.45, 2.75) is 25.7 Å². The van der Waals surface area contributed by atoms with E-state index in [1.165, 1.54) is 22.7 Å². The number of Topliss-reactive ketones (excluding diaryl/α,β-unsaturated/α-hetero) is 1. The maximum atomic E-state index is 12.4. The Kier molecular flexibility index (Phi) is 5.72.